The standard InChI is InChI=1S/C37H28N2O/c1-24(2)25-18-20-39-33-15-7-5-14-29(33)32-16-9-10-19-38(32)35-23-37-30(22-31(35)34(39)21-25)27-12-4-3-11-26(27)28-13-6-8-17-36(28)40-37/h3-24H,1-2H3/q+2. The Bertz CT molecular complexity index is 2360. The first-order chi connectivity index (χ1) is 19.7. The first kappa shape index (κ1) is 22.9. The van der Waals surface area contributed by atoms with Gasteiger partial charge in [-0.05, 0) is 46.5 Å². The van der Waals surface area contributed by atoms with Crippen LogP contribution in [0.4, 0.5) is 0 Å². The summed E-state index contributed by atoms with van der Waals surface area (Å²) in [7, 11) is 0. The maximum atomic E-state index is 6.74. The Morgan fingerprint density at radius 3 is 1.82 bits per heavy atom. The lowest BCUT2D eigenvalue weighted by Gasteiger charge is -2.06. The number of pyridine rings is 2. The number of benzene rings is 4. The molecule has 3 nitrogen and oxygen atoms in total. The lowest BCUT2D eigenvalue weighted by molar-refractivity contribution is -0.488. The van der Waals surface area contributed by atoms with Gasteiger partial charge in [0.1, 0.15) is 21.9 Å². The molecule has 4 aromatic carbocycles. The van der Waals surface area contributed by atoms with E-state index in [0.29, 0.717) is 5.92 Å². The predicted octanol–water partition coefficient (Wildman–Crippen LogP) is 8.77. The van der Waals surface area contributed by atoms with Crippen molar-refractivity contribution in [2.75, 3.05) is 0 Å². The highest BCUT2D eigenvalue weighted by molar-refractivity contribution is 6.16. The molecule has 0 fully saturated rings. The van der Waals surface area contributed by atoms with Crippen molar-refractivity contribution < 1.29 is 13.2 Å². The Hall–Kier alpha value is -5.02. The molecule has 4 aromatic heterocycles. The van der Waals surface area contributed by atoms with Gasteiger partial charge in [0, 0.05) is 41.1 Å². The number of fused-ring (bicyclic) bond motifs is 13. The largest absolute Gasteiger partial charge is 0.456 e. The summed E-state index contributed by atoms with van der Waals surface area (Å²) in [6, 6.07) is 41.3. The van der Waals surface area contributed by atoms with Crippen LogP contribution < -0.4 is 8.80 Å². The zero-order valence-electron chi connectivity index (χ0n) is 22.5. The molecule has 8 aromatic rings. The Morgan fingerprint density at radius 2 is 1.05 bits per heavy atom. The average molecular weight is 517 g/mol. The van der Waals surface area contributed by atoms with Gasteiger partial charge >= 0.3 is 0 Å². The second-order valence-electron chi connectivity index (χ2n) is 10.9. The highest BCUT2D eigenvalue weighted by atomic mass is 16.3. The van der Waals surface area contributed by atoms with Crippen LogP contribution >= 0.6 is 0 Å². The topological polar surface area (TPSA) is 21.3 Å². The van der Waals surface area contributed by atoms with E-state index in [1.807, 2.05) is 6.07 Å². The molecule has 40 heavy (non-hydrogen) atoms. The summed E-state index contributed by atoms with van der Waals surface area (Å²) < 4.78 is 11.4. The van der Waals surface area contributed by atoms with Crippen LogP contribution in [0, 0.1) is 0 Å². The molecule has 0 aliphatic heterocycles. The van der Waals surface area contributed by atoms with E-state index >= 15 is 0 Å². The number of hydrogen-bond acceptors (Lipinski definition) is 1. The van der Waals surface area contributed by atoms with Gasteiger partial charge in [0.05, 0.1) is 6.07 Å². The molecule has 3 heteroatoms. The molecule has 4 heterocycles. The van der Waals surface area contributed by atoms with Gasteiger partial charge in [0.25, 0.3) is 0 Å². The van der Waals surface area contributed by atoms with Gasteiger partial charge in [0.2, 0.25) is 22.1 Å². The summed E-state index contributed by atoms with van der Waals surface area (Å²) in [6.45, 7) is 4.51. The summed E-state index contributed by atoms with van der Waals surface area (Å²) in [6.07, 6.45) is 4.40. The molecule has 0 saturated carbocycles. The molecule has 0 unspecified atom stereocenters. The van der Waals surface area contributed by atoms with E-state index in [1.54, 1.807) is 0 Å². The van der Waals surface area contributed by atoms with Crippen LogP contribution in [0.15, 0.2) is 132 Å². The SMILES string of the molecule is CC(C)c1cc[n+]2c3ccccc3c3cccc[n+]3c3cc4oc5ccccc5c5ccccc5c4cc3c2c1. The molecular formula is C37H28N2O+2. The van der Waals surface area contributed by atoms with E-state index in [2.05, 4.69) is 144 Å². The number of hydrogen-bond donors (Lipinski definition) is 0. The molecule has 8 rings (SSSR count). The molecule has 0 amide bonds. The highest BCUT2D eigenvalue weighted by Gasteiger charge is 2.21. The van der Waals surface area contributed by atoms with E-state index in [9.17, 15) is 0 Å². The maximum absolute atomic E-state index is 6.74. The fraction of sp³-hybridized carbons (Fsp3) is 0.0811. The second kappa shape index (κ2) is 8.75. The third-order valence-corrected chi connectivity index (χ3v) is 8.19. The molecule has 0 radical (unpaired) electrons. The van der Waals surface area contributed by atoms with E-state index in [0.717, 1.165) is 49.4 Å². The van der Waals surface area contributed by atoms with Crippen molar-refractivity contribution >= 4 is 65.6 Å². The van der Waals surface area contributed by atoms with Crippen LogP contribution in [0.3, 0.4) is 0 Å². The van der Waals surface area contributed by atoms with Crippen molar-refractivity contribution in [2.45, 2.75) is 19.8 Å². The van der Waals surface area contributed by atoms with Crippen molar-refractivity contribution in [1.82, 2.24) is 0 Å². The maximum Gasteiger partial charge on any atom is 0.228 e. The fourth-order valence-corrected chi connectivity index (χ4v) is 6.18. The van der Waals surface area contributed by atoms with Crippen molar-refractivity contribution in [3.63, 3.8) is 0 Å². The van der Waals surface area contributed by atoms with Crippen LogP contribution in [0.25, 0.3) is 65.6 Å². The van der Waals surface area contributed by atoms with Crippen LogP contribution in [0.5, 0.6) is 0 Å². The third-order valence-electron chi connectivity index (χ3n) is 8.19. The van der Waals surface area contributed by atoms with Crippen LogP contribution in [0.1, 0.15) is 25.3 Å². The monoisotopic (exact) mass is 516 g/mol. The first-order valence-corrected chi connectivity index (χ1v) is 13.9. The molecular weight excluding hydrogens is 488 g/mol. The van der Waals surface area contributed by atoms with Crippen LogP contribution in [-0.4, -0.2) is 0 Å². The van der Waals surface area contributed by atoms with Gasteiger partial charge in [-0.3, -0.25) is 0 Å². The quantitative estimate of drug-likeness (QED) is 0.200. The van der Waals surface area contributed by atoms with E-state index in [-0.39, 0.29) is 0 Å². The number of rotatable bonds is 1. The minimum atomic E-state index is 0.411. The zero-order chi connectivity index (χ0) is 26.8. The summed E-state index contributed by atoms with van der Waals surface area (Å²) in [5.74, 6) is 0.411. The normalized spacial score (nSPS) is 12.0. The Balaban J connectivity index is 1.75. The average Bonchev–Trinajstić information content (AvgIpc) is 3.14. The van der Waals surface area contributed by atoms with E-state index in [4.69, 9.17) is 4.42 Å². The lowest BCUT2D eigenvalue weighted by Crippen LogP contribution is -2.27. The first-order valence-electron chi connectivity index (χ1n) is 13.9. The predicted molar refractivity (Wildman–Crippen MR) is 164 cm³/mol. The number of nitrogens with zero attached hydrogens (tertiary/aromatic N) is 2. The van der Waals surface area contributed by atoms with Crippen molar-refractivity contribution in [3.05, 3.63) is 133 Å². The smallest absolute Gasteiger partial charge is 0.228 e. The molecule has 0 N–H and O–H groups in total. The van der Waals surface area contributed by atoms with Gasteiger partial charge in [-0.1, -0.05) is 68.4 Å². The molecule has 0 spiro atoms. The molecule has 0 saturated heterocycles. The second-order valence-corrected chi connectivity index (χ2v) is 10.9. The molecule has 0 bridgehead atoms. The number of para-hydroxylation sites is 2. The van der Waals surface area contributed by atoms with Crippen molar-refractivity contribution in [1.29, 1.82) is 0 Å². The van der Waals surface area contributed by atoms with Gasteiger partial charge in [0.15, 0.2) is 12.4 Å². The van der Waals surface area contributed by atoms with E-state index in [1.165, 1.54) is 21.7 Å². The fourth-order valence-electron chi connectivity index (χ4n) is 6.18. The zero-order valence-corrected chi connectivity index (χ0v) is 22.5. The van der Waals surface area contributed by atoms with Gasteiger partial charge in [-0.2, -0.15) is 8.80 Å². The Kier molecular flexibility index (Phi) is 5.02. The molecule has 0 atom stereocenters. The Morgan fingerprint density at radius 1 is 0.450 bits per heavy atom. The van der Waals surface area contributed by atoms with Gasteiger partial charge in [-0.15, -0.1) is 0 Å². The summed E-state index contributed by atoms with van der Waals surface area (Å²) >= 11 is 0. The lowest BCUT2D eigenvalue weighted by atomic mass is 10.0. The van der Waals surface area contributed by atoms with Gasteiger partial charge in [-0.25, -0.2) is 0 Å². The molecule has 190 valence electrons. The van der Waals surface area contributed by atoms with Gasteiger partial charge < -0.3 is 4.42 Å². The third kappa shape index (κ3) is 3.37. The van der Waals surface area contributed by atoms with Crippen molar-refractivity contribution in [2.24, 2.45) is 0 Å². The highest BCUT2D eigenvalue weighted by Crippen LogP contribution is 2.33. The van der Waals surface area contributed by atoms with Crippen LogP contribution in [-0.2, 0) is 0 Å². The molecule has 0 aliphatic rings. The molecule has 0 aliphatic carbocycles. The van der Waals surface area contributed by atoms with E-state index < -0.39 is 0 Å². The Labute approximate surface area is 231 Å². The van der Waals surface area contributed by atoms with Crippen molar-refractivity contribution in [3.8, 4) is 0 Å². The minimum Gasteiger partial charge on any atom is -0.456 e. The van der Waals surface area contributed by atoms with Crippen LogP contribution in [0.2, 0.25) is 0 Å². The number of aromatic nitrogens is 2. The summed E-state index contributed by atoms with van der Waals surface area (Å²) in [5.41, 5.74) is 7.61. The summed E-state index contributed by atoms with van der Waals surface area (Å²) in [4.78, 5) is 0. The minimum absolute atomic E-state index is 0.411. The summed E-state index contributed by atoms with van der Waals surface area (Å²) in [5, 5.41) is 6.92.